The molecule has 4 heterocycles. The normalized spacial score (nSPS) is 21.3. The van der Waals surface area contributed by atoms with Gasteiger partial charge in [-0.1, -0.05) is 6.07 Å². The highest BCUT2D eigenvalue weighted by molar-refractivity contribution is 5.87. The number of likely N-dealkylation sites (tertiary alicyclic amines) is 2. The molecule has 4 rings (SSSR count). The van der Waals surface area contributed by atoms with Crippen molar-refractivity contribution in [1.29, 1.82) is 0 Å². The summed E-state index contributed by atoms with van der Waals surface area (Å²) in [5.74, 6) is -2.80. The summed E-state index contributed by atoms with van der Waals surface area (Å²) < 4.78 is 39.1. The third-order valence-electron chi connectivity index (χ3n) is 6.96. The first-order valence-corrected chi connectivity index (χ1v) is 12.8. The highest BCUT2D eigenvalue weighted by Gasteiger charge is 2.57. The Morgan fingerprint density at radius 1 is 1.23 bits per heavy atom. The van der Waals surface area contributed by atoms with Crippen molar-refractivity contribution >= 4 is 17.8 Å². The van der Waals surface area contributed by atoms with E-state index in [-0.39, 0.29) is 30.4 Å². The van der Waals surface area contributed by atoms with Gasteiger partial charge in [0.2, 0.25) is 11.8 Å². The van der Waals surface area contributed by atoms with Crippen LogP contribution in [0.15, 0.2) is 36.7 Å². The molecule has 2 aromatic rings. The first-order chi connectivity index (χ1) is 18.4. The first-order valence-electron chi connectivity index (χ1n) is 12.8. The van der Waals surface area contributed by atoms with Gasteiger partial charge in [-0.2, -0.15) is 18.3 Å². The number of pyridine rings is 1. The van der Waals surface area contributed by atoms with Gasteiger partial charge in [-0.05, 0) is 51.8 Å². The highest BCUT2D eigenvalue weighted by atomic mass is 19.4. The van der Waals surface area contributed by atoms with Crippen molar-refractivity contribution in [2.45, 2.75) is 58.3 Å². The van der Waals surface area contributed by atoms with Crippen LogP contribution >= 0.6 is 0 Å². The van der Waals surface area contributed by atoms with Crippen LogP contribution in [0.3, 0.4) is 0 Å². The quantitative estimate of drug-likeness (QED) is 0.559. The Hall–Kier alpha value is -3.48. The van der Waals surface area contributed by atoms with Crippen molar-refractivity contribution in [2.24, 2.45) is 5.41 Å². The number of hydrogen-bond donors (Lipinski definition) is 1. The van der Waals surface area contributed by atoms with Gasteiger partial charge in [-0.25, -0.2) is 4.79 Å². The first kappa shape index (κ1) is 30.1. The number of aromatic nitrogens is 3. The zero-order valence-electron chi connectivity index (χ0n) is 22.2. The van der Waals surface area contributed by atoms with Gasteiger partial charge in [0.05, 0.1) is 17.7 Å². The largest absolute Gasteiger partial charge is 0.490 e. The van der Waals surface area contributed by atoms with Crippen molar-refractivity contribution in [1.82, 2.24) is 24.6 Å². The summed E-state index contributed by atoms with van der Waals surface area (Å²) in [6, 6.07) is 7.96. The smallest absolute Gasteiger partial charge is 0.475 e. The molecule has 39 heavy (non-hydrogen) atoms. The number of carboxylic acids is 1. The van der Waals surface area contributed by atoms with E-state index in [0.717, 1.165) is 24.2 Å². The molecule has 2 amide bonds. The third kappa shape index (κ3) is 6.94. The Balaban J connectivity index is 0.000000532. The second-order valence-electron chi connectivity index (χ2n) is 9.87. The monoisotopic (exact) mass is 553 g/mol. The standard InChI is InChI=1S/C24H33N5O3.C2HF3O2/c1-4-32-16-22(30)28-15-20(21-9-12-26-29(21)18(2)3)24(17-28)10-7-13-27(23(24)31)14-19-8-5-6-11-25-19;3-2(4,5)1(6)7/h5-6,8-9,11-12,18,20H,4,7,10,13-17H2,1-3H3;(H,6,7)/t20-,24+;/m0./s1. The van der Waals surface area contributed by atoms with Crippen LogP contribution in [0.4, 0.5) is 13.2 Å². The maximum Gasteiger partial charge on any atom is 0.490 e. The minimum atomic E-state index is -5.08. The van der Waals surface area contributed by atoms with Crippen LogP contribution in [0.25, 0.3) is 0 Å². The maximum absolute atomic E-state index is 14.0. The molecule has 13 heteroatoms. The van der Waals surface area contributed by atoms with Crippen molar-refractivity contribution in [3.63, 3.8) is 0 Å². The van der Waals surface area contributed by atoms with Crippen LogP contribution in [-0.2, 0) is 25.7 Å². The minimum Gasteiger partial charge on any atom is -0.475 e. The predicted octanol–water partition coefficient (Wildman–Crippen LogP) is 3.26. The van der Waals surface area contributed by atoms with Crippen molar-refractivity contribution in [3.05, 3.63) is 48.0 Å². The molecule has 1 N–H and O–H groups in total. The number of alkyl halides is 3. The summed E-state index contributed by atoms with van der Waals surface area (Å²) in [6.07, 6.45) is 0.134. The summed E-state index contributed by atoms with van der Waals surface area (Å²) in [7, 11) is 0. The Bertz CT molecular complexity index is 1140. The second-order valence-corrected chi connectivity index (χ2v) is 9.87. The molecule has 0 aliphatic carbocycles. The molecule has 2 aromatic heterocycles. The molecular weight excluding hydrogens is 519 g/mol. The third-order valence-corrected chi connectivity index (χ3v) is 6.96. The minimum absolute atomic E-state index is 0.0502. The molecule has 0 saturated carbocycles. The lowest BCUT2D eigenvalue weighted by Crippen LogP contribution is -2.52. The van der Waals surface area contributed by atoms with Crippen molar-refractivity contribution in [2.75, 3.05) is 32.8 Å². The zero-order valence-corrected chi connectivity index (χ0v) is 22.2. The van der Waals surface area contributed by atoms with Crippen LogP contribution in [0.5, 0.6) is 0 Å². The molecule has 0 radical (unpaired) electrons. The predicted molar refractivity (Wildman–Crippen MR) is 133 cm³/mol. The summed E-state index contributed by atoms with van der Waals surface area (Å²) in [5, 5.41) is 11.6. The zero-order chi connectivity index (χ0) is 28.8. The average molecular weight is 554 g/mol. The van der Waals surface area contributed by atoms with Crippen molar-refractivity contribution < 1.29 is 37.4 Å². The van der Waals surface area contributed by atoms with E-state index in [2.05, 4.69) is 23.9 Å². The number of carbonyl (C=O) groups is 3. The fourth-order valence-corrected chi connectivity index (χ4v) is 5.21. The molecule has 10 nitrogen and oxygen atoms in total. The lowest BCUT2D eigenvalue weighted by molar-refractivity contribution is -0.192. The SMILES string of the molecule is CCOCC(=O)N1C[C@@H](c2ccnn2C(C)C)[C@@]2(CCCN(Cc3ccccn3)C2=O)C1.O=C(O)C(F)(F)F. The molecule has 2 aliphatic rings. The number of nitrogens with zero attached hydrogens (tertiary/aromatic N) is 5. The lowest BCUT2D eigenvalue weighted by Gasteiger charge is -2.42. The number of halogens is 3. The molecule has 214 valence electrons. The molecule has 0 bridgehead atoms. The summed E-state index contributed by atoms with van der Waals surface area (Å²) >= 11 is 0. The highest BCUT2D eigenvalue weighted by Crippen LogP contribution is 2.50. The van der Waals surface area contributed by atoms with E-state index in [1.54, 1.807) is 12.4 Å². The van der Waals surface area contributed by atoms with Gasteiger partial charge in [0.1, 0.15) is 6.61 Å². The van der Waals surface area contributed by atoms with Gasteiger partial charge in [0.15, 0.2) is 0 Å². The van der Waals surface area contributed by atoms with Crippen LogP contribution < -0.4 is 0 Å². The average Bonchev–Trinajstić information content (AvgIpc) is 3.52. The topological polar surface area (TPSA) is 118 Å². The van der Waals surface area contributed by atoms with Gasteiger partial charge in [0.25, 0.3) is 0 Å². The number of aliphatic carboxylic acids is 1. The van der Waals surface area contributed by atoms with Gasteiger partial charge in [-0.15, -0.1) is 0 Å². The van der Waals surface area contributed by atoms with E-state index in [0.29, 0.717) is 32.8 Å². The number of carboxylic acid groups (broad SMARTS) is 1. The Labute approximate surface area is 224 Å². The number of rotatable bonds is 7. The number of carbonyl (C=O) groups excluding carboxylic acids is 2. The fourth-order valence-electron chi connectivity index (χ4n) is 5.21. The van der Waals surface area contributed by atoms with Crippen LogP contribution in [0.1, 0.15) is 57.0 Å². The van der Waals surface area contributed by atoms with E-state index in [9.17, 15) is 22.8 Å². The molecule has 0 aromatic carbocycles. The number of amides is 2. The number of piperidine rings is 1. The van der Waals surface area contributed by atoms with Gasteiger partial charge < -0.3 is 19.6 Å². The van der Waals surface area contributed by atoms with Crippen LogP contribution in [0.2, 0.25) is 0 Å². The van der Waals surface area contributed by atoms with E-state index in [1.165, 1.54) is 0 Å². The Morgan fingerprint density at radius 2 is 1.95 bits per heavy atom. The van der Waals surface area contributed by atoms with Crippen LogP contribution in [0, 0.1) is 5.41 Å². The number of hydrogen-bond acceptors (Lipinski definition) is 6. The molecular formula is C26H34F3N5O5. The van der Waals surface area contributed by atoms with Gasteiger partial charge in [-0.3, -0.25) is 19.3 Å². The van der Waals surface area contributed by atoms with E-state index >= 15 is 0 Å². The van der Waals surface area contributed by atoms with Gasteiger partial charge >= 0.3 is 12.1 Å². The fraction of sp³-hybridized carbons (Fsp3) is 0.577. The van der Waals surface area contributed by atoms with E-state index < -0.39 is 17.6 Å². The summed E-state index contributed by atoms with van der Waals surface area (Å²) in [5.41, 5.74) is 1.25. The van der Waals surface area contributed by atoms with Gasteiger partial charge in [0, 0.05) is 56.3 Å². The second kappa shape index (κ2) is 12.6. The molecule has 2 aliphatic heterocycles. The molecule has 0 unspecified atom stereocenters. The molecule has 2 fully saturated rings. The summed E-state index contributed by atoms with van der Waals surface area (Å²) in [6.45, 7) is 8.73. The molecule has 2 saturated heterocycles. The summed E-state index contributed by atoms with van der Waals surface area (Å²) in [4.78, 5) is 44.0. The molecule has 2 atom stereocenters. The van der Waals surface area contributed by atoms with Crippen molar-refractivity contribution in [3.8, 4) is 0 Å². The van der Waals surface area contributed by atoms with E-state index in [4.69, 9.17) is 14.6 Å². The van der Waals surface area contributed by atoms with E-state index in [1.807, 2.05) is 45.7 Å². The Kier molecular flexibility index (Phi) is 9.70. The van der Waals surface area contributed by atoms with Crippen LogP contribution in [-0.4, -0.2) is 86.5 Å². The number of ether oxygens (including phenoxy) is 1. The maximum atomic E-state index is 14.0. The lowest BCUT2D eigenvalue weighted by atomic mass is 9.70. The Morgan fingerprint density at radius 3 is 2.54 bits per heavy atom. The molecule has 1 spiro atoms.